The Labute approximate surface area is 142 Å². The summed E-state index contributed by atoms with van der Waals surface area (Å²) in [6.45, 7) is 0.899. The van der Waals surface area contributed by atoms with Crippen LogP contribution in [0.25, 0.3) is 5.65 Å². The van der Waals surface area contributed by atoms with Crippen molar-refractivity contribution >= 4 is 5.65 Å². The van der Waals surface area contributed by atoms with Gasteiger partial charge < -0.3 is 4.74 Å². The molecule has 126 valence electrons. The molecule has 2 aromatic heterocycles. The van der Waals surface area contributed by atoms with Gasteiger partial charge in [-0.2, -0.15) is 0 Å². The van der Waals surface area contributed by atoms with Crippen molar-refractivity contribution in [1.82, 2.24) is 14.6 Å². The van der Waals surface area contributed by atoms with Crippen LogP contribution < -0.4 is 4.74 Å². The molecular formula is C20H25N3O. The lowest BCUT2D eigenvalue weighted by Crippen LogP contribution is -2.15. The van der Waals surface area contributed by atoms with Gasteiger partial charge in [-0.1, -0.05) is 0 Å². The second kappa shape index (κ2) is 4.96. The molecule has 0 aromatic carbocycles. The smallest absolute Gasteiger partial charge is 0.164 e. The monoisotopic (exact) mass is 323 g/mol. The molecule has 24 heavy (non-hydrogen) atoms. The predicted molar refractivity (Wildman–Crippen MR) is 91.0 cm³/mol. The molecule has 0 spiro atoms. The van der Waals surface area contributed by atoms with Crippen LogP contribution in [0.3, 0.4) is 0 Å². The van der Waals surface area contributed by atoms with Crippen molar-refractivity contribution in [3.63, 3.8) is 0 Å². The topological polar surface area (TPSA) is 39.4 Å². The molecule has 4 heteroatoms. The maximum Gasteiger partial charge on any atom is 0.164 e. The van der Waals surface area contributed by atoms with Crippen LogP contribution in [0.2, 0.25) is 0 Å². The third-order valence-electron chi connectivity index (χ3n) is 7.40. The fourth-order valence-electron chi connectivity index (χ4n) is 6.17. The number of fused-ring (bicyclic) bond motifs is 6. The number of ether oxygens (including phenoxy) is 1. The first-order valence-electron chi connectivity index (χ1n) is 9.81. The second-order valence-corrected chi connectivity index (χ2v) is 8.77. The van der Waals surface area contributed by atoms with Gasteiger partial charge in [0, 0.05) is 17.8 Å². The molecule has 4 saturated carbocycles. The van der Waals surface area contributed by atoms with Crippen LogP contribution in [0, 0.1) is 29.6 Å². The Hall–Kier alpha value is -1.58. The Morgan fingerprint density at radius 3 is 2.58 bits per heavy atom. The first-order valence-corrected chi connectivity index (χ1v) is 9.81. The Bertz CT molecular complexity index is 762. The molecule has 5 atom stereocenters. The highest BCUT2D eigenvalue weighted by molar-refractivity contribution is 5.49. The molecular weight excluding hydrogens is 298 g/mol. The minimum atomic E-state index is 0.686. The average molecular weight is 323 g/mol. The highest BCUT2D eigenvalue weighted by Gasteiger charge is 2.51. The van der Waals surface area contributed by atoms with Crippen LogP contribution in [-0.4, -0.2) is 21.2 Å². The van der Waals surface area contributed by atoms with E-state index >= 15 is 0 Å². The summed E-state index contributed by atoms with van der Waals surface area (Å²) in [5.41, 5.74) is 2.26. The number of rotatable bonds is 4. The van der Waals surface area contributed by atoms with E-state index in [1.165, 1.54) is 50.5 Å². The molecule has 0 radical (unpaired) electrons. The third kappa shape index (κ3) is 2.04. The predicted octanol–water partition coefficient (Wildman–Crippen LogP) is 4.06. The summed E-state index contributed by atoms with van der Waals surface area (Å²) in [5.74, 6) is 6.69. The van der Waals surface area contributed by atoms with Crippen molar-refractivity contribution < 1.29 is 4.74 Å². The van der Waals surface area contributed by atoms with Gasteiger partial charge >= 0.3 is 0 Å². The zero-order valence-electron chi connectivity index (χ0n) is 14.1. The molecule has 0 N–H and O–H groups in total. The van der Waals surface area contributed by atoms with E-state index in [1.54, 1.807) is 6.33 Å². The Morgan fingerprint density at radius 1 is 1.04 bits per heavy atom. The van der Waals surface area contributed by atoms with E-state index in [1.807, 2.05) is 4.40 Å². The van der Waals surface area contributed by atoms with Crippen molar-refractivity contribution in [2.24, 2.45) is 29.6 Å². The number of aromatic nitrogens is 3. The molecule has 2 aromatic rings. The summed E-state index contributed by atoms with van der Waals surface area (Å²) in [7, 11) is 0. The summed E-state index contributed by atoms with van der Waals surface area (Å²) in [4.78, 5) is 0. The van der Waals surface area contributed by atoms with Crippen molar-refractivity contribution in [2.45, 2.75) is 50.9 Å². The van der Waals surface area contributed by atoms with E-state index in [0.717, 1.165) is 47.6 Å². The summed E-state index contributed by atoms with van der Waals surface area (Å²) >= 11 is 0. The van der Waals surface area contributed by atoms with E-state index in [-0.39, 0.29) is 0 Å². The van der Waals surface area contributed by atoms with Gasteiger partial charge in [-0.3, -0.25) is 4.40 Å². The highest BCUT2D eigenvalue weighted by Crippen LogP contribution is 2.60. The van der Waals surface area contributed by atoms with Crippen molar-refractivity contribution in [2.75, 3.05) is 6.61 Å². The zero-order chi connectivity index (χ0) is 15.7. The third-order valence-corrected chi connectivity index (χ3v) is 7.40. The molecule has 0 aliphatic heterocycles. The first kappa shape index (κ1) is 13.7. The normalized spacial score (nSPS) is 37.2. The van der Waals surface area contributed by atoms with E-state index in [0.29, 0.717) is 5.92 Å². The molecule has 4 fully saturated rings. The van der Waals surface area contributed by atoms with Crippen molar-refractivity contribution in [3.05, 3.63) is 24.2 Å². The van der Waals surface area contributed by atoms with E-state index in [9.17, 15) is 0 Å². The molecule has 4 nitrogen and oxygen atoms in total. The minimum absolute atomic E-state index is 0.686. The maximum atomic E-state index is 6.37. The van der Waals surface area contributed by atoms with Gasteiger partial charge in [-0.05, 0) is 80.5 Å². The first-order chi connectivity index (χ1) is 11.8. The molecule has 0 unspecified atom stereocenters. The average Bonchev–Trinajstić information content (AvgIpc) is 2.98. The number of hydrogen-bond donors (Lipinski definition) is 0. The summed E-state index contributed by atoms with van der Waals surface area (Å²) in [6.07, 6.45) is 13.9. The van der Waals surface area contributed by atoms with E-state index < -0.39 is 0 Å². The van der Waals surface area contributed by atoms with Crippen LogP contribution in [0.4, 0.5) is 0 Å². The van der Waals surface area contributed by atoms with Crippen LogP contribution in [0.1, 0.15) is 56.4 Å². The molecule has 0 saturated heterocycles. The van der Waals surface area contributed by atoms with Gasteiger partial charge in [0.2, 0.25) is 0 Å². The minimum Gasteiger partial charge on any atom is -0.493 e. The number of hydrogen-bond acceptors (Lipinski definition) is 3. The fraction of sp³-hybridized carbons (Fsp3) is 0.700. The van der Waals surface area contributed by atoms with Gasteiger partial charge in [0.1, 0.15) is 12.1 Å². The zero-order valence-corrected chi connectivity index (χ0v) is 14.1. The summed E-state index contributed by atoms with van der Waals surface area (Å²) < 4.78 is 8.40. The maximum absolute atomic E-state index is 6.37. The Kier molecular flexibility index (Phi) is 2.83. The lowest BCUT2D eigenvalue weighted by molar-refractivity contribution is 0.237. The quantitative estimate of drug-likeness (QED) is 0.852. The van der Waals surface area contributed by atoms with Gasteiger partial charge in [0.25, 0.3) is 0 Å². The highest BCUT2D eigenvalue weighted by atomic mass is 16.5. The van der Waals surface area contributed by atoms with Gasteiger partial charge in [-0.15, -0.1) is 10.2 Å². The fourth-order valence-corrected chi connectivity index (χ4v) is 6.17. The molecule has 4 aliphatic rings. The molecule has 2 heterocycles. The number of pyridine rings is 1. The van der Waals surface area contributed by atoms with Gasteiger partial charge in [0.05, 0.1) is 6.61 Å². The second-order valence-electron chi connectivity index (χ2n) is 8.77. The van der Waals surface area contributed by atoms with E-state index in [2.05, 4.69) is 22.5 Å². The van der Waals surface area contributed by atoms with Crippen LogP contribution in [0.5, 0.6) is 5.75 Å². The van der Waals surface area contributed by atoms with Gasteiger partial charge in [-0.25, -0.2) is 0 Å². The van der Waals surface area contributed by atoms with Crippen LogP contribution >= 0.6 is 0 Å². The largest absolute Gasteiger partial charge is 0.493 e. The standard InChI is InChI=1S/C20H25N3O/c1-2-13(1)18-9-23-11-21-22-20(23)8-19(18)24-10-12-5-16-14-3-4-15(7-14)17(16)6-12/h8-9,11-17H,1-7,10H2/t12-,14+,15-,16-,17+. The van der Waals surface area contributed by atoms with Crippen LogP contribution in [0.15, 0.2) is 18.6 Å². The van der Waals surface area contributed by atoms with Crippen molar-refractivity contribution in [1.29, 1.82) is 0 Å². The summed E-state index contributed by atoms with van der Waals surface area (Å²) in [6, 6.07) is 2.10. The molecule has 2 bridgehead atoms. The molecule has 0 amide bonds. The SMILES string of the molecule is c1c(OC[C@@H]2C[C@@H]3[C@H]4CC[C@H](C4)[C@@H]3C2)c(C2CC2)cn2cnnc12. The Balaban J connectivity index is 1.20. The lowest BCUT2D eigenvalue weighted by atomic mass is 9.82. The summed E-state index contributed by atoms with van der Waals surface area (Å²) in [5, 5.41) is 8.21. The number of nitrogens with zero attached hydrogens (tertiary/aromatic N) is 3. The molecule has 4 aliphatic carbocycles. The molecule has 6 rings (SSSR count). The van der Waals surface area contributed by atoms with E-state index in [4.69, 9.17) is 4.74 Å². The Morgan fingerprint density at radius 2 is 1.83 bits per heavy atom. The van der Waals surface area contributed by atoms with Gasteiger partial charge in [0.15, 0.2) is 5.65 Å². The van der Waals surface area contributed by atoms with Crippen LogP contribution in [-0.2, 0) is 0 Å². The lowest BCUT2D eigenvalue weighted by Gasteiger charge is -2.23. The van der Waals surface area contributed by atoms with Crippen molar-refractivity contribution in [3.8, 4) is 5.75 Å².